The maximum atomic E-state index is 6.22. The third-order valence-corrected chi connectivity index (χ3v) is 4.29. The fraction of sp³-hybridized carbons (Fsp3) is 0.333. The standard InChI is InChI=1S/C12H14Br2N4/c1-7-12(14)11(18(2)17-7)4-10(15)8-3-9(13)6-16-5-8/h3,5-6,10H,4,15H2,1-2H3. The maximum Gasteiger partial charge on any atom is 0.0738 e. The third kappa shape index (κ3) is 2.81. The highest BCUT2D eigenvalue weighted by Crippen LogP contribution is 2.25. The van der Waals surface area contributed by atoms with Crippen LogP contribution < -0.4 is 5.73 Å². The smallest absolute Gasteiger partial charge is 0.0738 e. The largest absolute Gasteiger partial charge is 0.324 e. The van der Waals surface area contributed by atoms with Gasteiger partial charge >= 0.3 is 0 Å². The summed E-state index contributed by atoms with van der Waals surface area (Å²) < 4.78 is 3.84. The summed E-state index contributed by atoms with van der Waals surface area (Å²) >= 11 is 6.96. The molecular weight excluding hydrogens is 360 g/mol. The van der Waals surface area contributed by atoms with E-state index in [2.05, 4.69) is 41.9 Å². The lowest BCUT2D eigenvalue weighted by Gasteiger charge is -2.12. The minimum Gasteiger partial charge on any atom is -0.324 e. The fourth-order valence-corrected chi connectivity index (χ4v) is 2.74. The van der Waals surface area contributed by atoms with Gasteiger partial charge in [-0.2, -0.15) is 5.10 Å². The Labute approximate surface area is 123 Å². The van der Waals surface area contributed by atoms with Gasteiger partial charge in [0.15, 0.2) is 0 Å². The van der Waals surface area contributed by atoms with Gasteiger partial charge in [-0.3, -0.25) is 9.67 Å². The second-order valence-corrected chi connectivity index (χ2v) is 5.93. The van der Waals surface area contributed by atoms with Crippen LogP contribution in [-0.4, -0.2) is 14.8 Å². The zero-order chi connectivity index (χ0) is 13.3. The molecule has 6 heteroatoms. The van der Waals surface area contributed by atoms with Crippen molar-refractivity contribution in [1.82, 2.24) is 14.8 Å². The molecule has 0 bridgehead atoms. The molecule has 0 aromatic carbocycles. The summed E-state index contributed by atoms with van der Waals surface area (Å²) in [6.07, 6.45) is 4.27. The first kappa shape index (κ1) is 13.7. The zero-order valence-corrected chi connectivity index (χ0v) is 13.4. The number of rotatable bonds is 3. The van der Waals surface area contributed by atoms with Crippen molar-refractivity contribution in [1.29, 1.82) is 0 Å². The lowest BCUT2D eigenvalue weighted by Crippen LogP contribution is -2.16. The second kappa shape index (κ2) is 5.50. The molecule has 0 fully saturated rings. The van der Waals surface area contributed by atoms with Crippen molar-refractivity contribution in [3.8, 4) is 0 Å². The summed E-state index contributed by atoms with van der Waals surface area (Å²) in [6, 6.07) is 1.90. The quantitative estimate of drug-likeness (QED) is 0.899. The van der Waals surface area contributed by atoms with Crippen molar-refractivity contribution in [2.75, 3.05) is 0 Å². The normalized spacial score (nSPS) is 12.7. The van der Waals surface area contributed by atoms with E-state index < -0.39 is 0 Å². The molecule has 0 saturated carbocycles. The maximum absolute atomic E-state index is 6.22. The average molecular weight is 374 g/mol. The third-order valence-electron chi connectivity index (χ3n) is 2.83. The van der Waals surface area contributed by atoms with Gasteiger partial charge in [0.2, 0.25) is 0 Å². The lowest BCUT2D eigenvalue weighted by atomic mass is 10.0. The van der Waals surface area contributed by atoms with Gasteiger partial charge in [0, 0.05) is 36.4 Å². The Hall–Kier alpha value is -0.720. The van der Waals surface area contributed by atoms with Crippen LogP contribution in [0.4, 0.5) is 0 Å². The van der Waals surface area contributed by atoms with Gasteiger partial charge in [-0.25, -0.2) is 0 Å². The number of hydrogen-bond acceptors (Lipinski definition) is 3. The van der Waals surface area contributed by atoms with Crippen LogP contribution in [0.3, 0.4) is 0 Å². The first-order valence-corrected chi connectivity index (χ1v) is 7.11. The van der Waals surface area contributed by atoms with E-state index in [1.807, 2.05) is 24.7 Å². The molecule has 2 aromatic rings. The molecule has 0 amide bonds. The Morgan fingerprint density at radius 2 is 2.11 bits per heavy atom. The van der Waals surface area contributed by atoms with Crippen LogP contribution in [0.15, 0.2) is 27.4 Å². The van der Waals surface area contributed by atoms with Crippen LogP contribution in [0.2, 0.25) is 0 Å². The number of aryl methyl sites for hydroxylation is 2. The Kier molecular flexibility index (Phi) is 4.19. The first-order valence-electron chi connectivity index (χ1n) is 5.53. The average Bonchev–Trinajstić information content (AvgIpc) is 2.56. The van der Waals surface area contributed by atoms with Gasteiger partial charge in [0.1, 0.15) is 0 Å². The van der Waals surface area contributed by atoms with Gasteiger partial charge in [-0.15, -0.1) is 0 Å². The number of pyridine rings is 1. The first-order chi connectivity index (χ1) is 8.49. The van der Waals surface area contributed by atoms with Crippen molar-refractivity contribution in [3.05, 3.63) is 44.4 Å². The number of nitrogens with two attached hydrogens (primary N) is 1. The van der Waals surface area contributed by atoms with Crippen molar-refractivity contribution in [3.63, 3.8) is 0 Å². The minimum atomic E-state index is -0.0962. The molecule has 0 spiro atoms. The van der Waals surface area contributed by atoms with Crippen molar-refractivity contribution >= 4 is 31.9 Å². The van der Waals surface area contributed by atoms with Crippen LogP contribution in [0.1, 0.15) is 23.0 Å². The molecule has 96 valence electrons. The Morgan fingerprint density at radius 3 is 2.67 bits per heavy atom. The van der Waals surface area contributed by atoms with E-state index in [1.165, 1.54) is 0 Å². The van der Waals surface area contributed by atoms with Crippen LogP contribution in [0, 0.1) is 6.92 Å². The number of hydrogen-bond donors (Lipinski definition) is 1. The topological polar surface area (TPSA) is 56.7 Å². The summed E-state index contributed by atoms with van der Waals surface area (Å²) in [5, 5.41) is 4.36. The molecule has 2 N–H and O–H groups in total. The Bertz CT molecular complexity index is 565. The number of aromatic nitrogens is 3. The molecule has 0 aliphatic rings. The van der Waals surface area contributed by atoms with Crippen LogP contribution in [0.25, 0.3) is 0 Å². The molecule has 0 radical (unpaired) electrons. The van der Waals surface area contributed by atoms with E-state index in [1.54, 1.807) is 12.4 Å². The van der Waals surface area contributed by atoms with Gasteiger partial charge in [0.25, 0.3) is 0 Å². The Morgan fingerprint density at radius 1 is 1.39 bits per heavy atom. The van der Waals surface area contributed by atoms with Gasteiger partial charge in [-0.1, -0.05) is 0 Å². The highest BCUT2D eigenvalue weighted by molar-refractivity contribution is 9.10. The summed E-state index contributed by atoms with van der Waals surface area (Å²) in [7, 11) is 1.93. The molecule has 1 unspecified atom stereocenters. The molecule has 18 heavy (non-hydrogen) atoms. The van der Waals surface area contributed by atoms with Crippen LogP contribution >= 0.6 is 31.9 Å². The molecule has 2 heterocycles. The number of nitrogens with zero attached hydrogens (tertiary/aromatic N) is 3. The van der Waals surface area contributed by atoms with Crippen LogP contribution in [-0.2, 0) is 13.5 Å². The van der Waals surface area contributed by atoms with E-state index in [0.29, 0.717) is 0 Å². The Balaban J connectivity index is 2.24. The highest BCUT2D eigenvalue weighted by atomic mass is 79.9. The molecule has 0 aliphatic carbocycles. The predicted molar refractivity (Wildman–Crippen MR) is 78.2 cm³/mol. The highest BCUT2D eigenvalue weighted by Gasteiger charge is 2.15. The molecule has 0 saturated heterocycles. The van der Waals surface area contributed by atoms with Crippen molar-refractivity contribution in [2.45, 2.75) is 19.4 Å². The van der Waals surface area contributed by atoms with E-state index in [4.69, 9.17) is 5.73 Å². The second-order valence-electron chi connectivity index (χ2n) is 4.22. The monoisotopic (exact) mass is 372 g/mol. The van der Waals surface area contributed by atoms with E-state index in [-0.39, 0.29) is 6.04 Å². The van der Waals surface area contributed by atoms with Gasteiger partial charge in [-0.05, 0) is 50.4 Å². The summed E-state index contributed by atoms with van der Waals surface area (Å²) in [6.45, 7) is 1.97. The molecular formula is C12H14Br2N4. The van der Waals surface area contributed by atoms with Gasteiger partial charge in [0.05, 0.1) is 15.9 Å². The van der Waals surface area contributed by atoms with Crippen molar-refractivity contribution < 1.29 is 0 Å². The van der Waals surface area contributed by atoms with Gasteiger partial charge < -0.3 is 5.73 Å². The SMILES string of the molecule is Cc1nn(C)c(CC(N)c2cncc(Br)c2)c1Br. The minimum absolute atomic E-state index is 0.0962. The predicted octanol–water partition coefficient (Wildman–Crippen LogP) is 2.89. The number of halogens is 2. The fourth-order valence-electron chi connectivity index (χ4n) is 1.86. The van der Waals surface area contributed by atoms with Crippen LogP contribution in [0.5, 0.6) is 0 Å². The molecule has 1 atom stereocenters. The molecule has 2 aromatic heterocycles. The van der Waals surface area contributed by atoms with E-state index in [9.17, 15) is 0 Å². The summed E-state index contributed by atoms with van der Waals surface area (Å²) in [4.78, 5) is 4.14. The molecule has 0 aliphatic heterocycles. The van der Waals surface area contributed by atoms with Crippen molar-refractivity contribution in [2.24, 2.45) is 12.8 Å². The van der Waals surface area contributed by atoms with E-state index >= 15 is 0 Å². The lowest BCUT2D eigenvalue weighted by molar-refractivity contribution is 0.636. The van der Waals surface area contributed by atoms with E-state index in [0.717, 1.165) is 32.3 Å². The zero-order valence-electron chi connectivity index (χ0n) is 10.2. The summed E-state index contributed by atoms with van der Waals surface area (Å²) in [5.41, 5.74) is 9.31. The summed E-state index contributed by atoms with van der Waals surface area (Å²) in [5.74, 6) is 0. The molecule has 4 nitrogen and oxygen atoms in total. The molecule has 2 rings (SSSR count).